The number of fused-ring (bicyclic) bond motifs is 1. The van der Waals surface area contributed by atoms with Crippen molar-refractivity contribution in [2.24, 2.45) is 0 Å². The maximum atomic E-state index is 12.1. The van der Waals surface area contributed by atoms with E-state index in [4.69, 9.17) is 0 Å². The molecule has 29 heavy (non-hydrogen) atoms. The summed E-state index contributed by atoms with van der Waals surface area (Å²) in [4.78, 5) is 31.1. The van der Waals surface area contributed by atoms with Gasteiger partial charge in [0.2, 0.25) is 5.91 Å². The van der Waals surface area contributed by atoms with E-state index in [1.165, 1.54) is 0 Å². The highest BCUT2D eigenvalue weighted by molar-refractivity contribution is 5.94. The van der Waals surface area contributed by atoms with E-state index >= 15 is 0 Å². The Morgan fingerprint density at radius 2 is 1.76 bits per heavy atom. The molecule has 0 aliphatic carbocycles. The number of hydrogen-bond donors (Lipinski definition) is 3. The number of alkyl halides is 3. The lowest BCUT2D eigenvalue weighted by atomic mass is 10.2. The second-order valence-electron chi connectivity index (χ2n) is 6.48. The highest BCUT2D eigenvalue weighted by Crippen LogP contribution is 2.21. The maximum absolute atomic E-state index is 12.1. The van der Waals surface area contributed by atoms with Gasteiger partial charge in [-0.05, 0) is 29.8 Å². The van der Waals surface area contributed by atoms with Crippen LogP contribution >= 0.6 is 0 Å². The molecule has 0 aliphatic rings. The summed E-state index contributed by atoms with van der Waals surface area (Å²) >= 11 is 0. The van der Waals surface area contributed by atoms with Crippen LogP contribution in [0.3, 0.4) is 0 Å². The molecule has 152 valence electrons. The van der Waals surface area contributed by atoms with Crippen LogP contribution in [0.5, 0.6) is 0 Å². The first kappa shape index (κ1) is 20.4. The van der Waals surface area contributed by atoms with Crippen LogP contribution in [0.25, 0.3) is 11.0 Å². The Morgan fingerprint density at radius 3 is 2.48 bits per heavy atom. The summed E-state index contributed by atoms with van der Waals surface area (Å²) in [5.41, 5.74) is 2.66. The van der Waals surface area contributed by atoms with Crippen LogP contribution in [0.4, 0.5) is 13.2 Å². The second kappa shape index (κ2) is 8.76. The van der Waals surface area contributed by atoms with Gasteiger partial charge in [-0.1, -0.05) is 24.3 Å². The Bertz CT molecular complexity index is 1000. The fourth-order valence-corrected chi connectivity index (χ4v) is 2.70. The smallest absolute Gasteiger partial charge is 0.352 e. The third-order valence-corrected chi connectivity index (χ3v) is 4.17. The third kappa shape index (κ3) is 6.06. The summed E-state index contributed by atoms with van der Waals surface area (Å²) in [5, 5.41) is 5.25. The van der Waals surface area contributed by atoms with Crippen molar-refractivity contribution >= 4 is 22.8 Å². The number of amides is 2. The van der Waals surface area contributed by atoms with Crippen LogP contribution in [-0.4, -0.2) is 28.0 Å². The van der Waals surface area contributed by atoms with Gasteiger partial charge in [0, 0.05) is 18.5 Å². The van der Waals surface area contributed by atoms with Crippen molar-refractivity contribution in [3.8, 4) is 0 Å². The minimum atomic E-state index is -4.35. The van der Waals surface area contributed by atoms with E-state index in [0.29, 0.717) is 22.4 Å². The minimum Gasteiger partial charge on any atom is -0.352 e. The van der Waals surface area contributed by atoms with Crippen molar-refractivity contribution in [1.29, 1.82) is 0 Å². The fraction of sp³-hybridized carbons (Fsp3) is 0.250. The van der Waals surface area contributed by atoms with Gasteiger partial charge >= 0.3 is 6.18 Å². The highest BCUT2D eigenvalue weighted by atomic mass is 19.4. The molecule has 1 heterocycles. The third-order valence-electron chi connectivity index (χ3n) is 4.17. The van der Waals surface area contributed by atoms with Crippen molar-refractivity contribution in [3.05, 3.63) is 65.5 Å². The normalized spacial score (nSPS) is 11.4. The van der Waals surface area contributed by atoms with E-state index < -0.39 is 24.9 Å². The van der Waals surface area contributed by atoms with Crippen LogP contribution < -0.4 is 10.6 Å². The van der Waals surface area contributed by atoms with Gasteiger partial charge in [0.05, 0.1) is 24.0 Å². The zero-order chi connectivity index (χ0) is 20.9. The molecular weight excluding hydrogens is 385 g/mol. The molecule has 0 atom stereocenters. The Hall–Kier alpha value is -3.36. The van der Waals surface area contributed by atoms with E-state index in [-0.39, 0.29) is 19.0 Å². The number of halogens is 3. The number of nitrogens with zero attached hydrogens (tertiary/aromatic N) is 1. The van der Waals surface area contributed by atoms with Gasteiger partial charge in [-0.3, -0.25) is 9.59 Å². The topological polar surface area (TPSA) is 86.9 Å². The van der Waals surface area contributed by atoms with Crippen molar-refractivity contribution in [1.82, 2.24) is 20.6 Å². The van der Waals surface area contributed by atoms with E-state index in [1.54, 1.807) is 42.5 Å². The minimum absolute atomic E-state index is 0.117. The van der Waals surface area contributed by atoms with Gasteiger partial charge in [-0.2, -0.15) is 13.2 Å². The van der Waals surface area contributed by atoms with E-state index in [1.807, 2.05) is 6.07 Å². The molecule has 2 aromatic carbocycles. The molecule has 2 amide bonds. The van der Waals surface area contributed by atoms with E-state index in [0.717, 1.165) is 5.56 Å². The first-order valence-electron chi connectivity index (χ1n) is 8.94. The van der Waals surface area contributed by atoms with Crippen molar-refractivity contribution < 1.29 is 22.8 Å². The molecule has 0 saturated heterocycles. The first-order chi connectivity index (χ1) is 13.8. The molecule has 0 radical (unpaired) electrons. The Balaban J connectivity index is 1.55. The first-order valence-corrected chi connectivity index (χ1v) is 8.94. The number of aromatic amines is 1. The molecule has 0 saturated carbocycles. The van der Waals surface area contributed by atoms with E-state index in [2.05, 4.69) is 20.6 Å². The molecule has 3 rings (SSSR count). The predicted octanol–water partition coefficient (Wildman–Crippen LogP) is 3.45. The SMILES string of the molecule is O=C(CCC(F)(F)F)NCc1ccc2nc(CNC(=O)c3ccccc3)[nH]c2c1. The number of carbonyl (C=O) groups excluding carboxylic acids is 2. The van der Waals surface area contributed by atoms with Crippen molar-refractivity contribution in [2.45, 2.75) is 32.1 Å². The number of nitrogens with one attached hydrogen (secondary N) is 3. The predicted molar refractivity (Wildman–Crippen MR) is 101 cm³/mol. The van der Waals surface area contributed by atoms with Crippen LogP contribution in [0.15, 0.2) is 48.5 Å². The average Bonchev–Trinajstić information content (AvgIpc) is 3.11. The van der Waals surface area contributed by atoms with Crippen molar-refractivity contribution in [3.63, 3.8) is 0 Å². The average molecular weight is 404 g/mol. The molecule has 6 nitrogen and oxygen atoms in total. The number of benzene rings is 2. The van der Waals surface area contributed by atoms with Crippen LogP contribution in [0.2, 0.25) is 0 Å². The number of aromatic nitrogens is 2. The number of hydrogen-bond acceptors (Lipinski definition) is 3. The number of H-pyrrole nitrogens is 1. The molecule has 0 unspecified atom stereocenters. The molecule has 1 aromatic heterocycles. The summed E-state index contributed by atoms with van der Waals surface area (Å²) in [6.07, 6.45) is -6.09. The quantitative estimate of drug-likeness (QED) is 0.564. The molecule has 3 N–H and O–H groups in total. The zero-order valence-corrected chi connectivity index (χ0v) is 15.3. The van der Waals surface area contributed by atoms with Crippen LogP contribution in [0, 0.1) is 0 Å². The summed E-state index contributed by atoms with van der Waals surface area (Å²) in [6.45, 7) is 0.331. The van der Waals surface area contributed by atoms with Gasteiger partial charge in [-0.15, -0.1) is 0 Å². The Morgan fingerprint density at radius 1 is 1.00 bits per heavy atom. The van der Waals surface area contributed by atoms with Gasteiger partial charge in [0.1, 0.15) is 5.82 Å². The van der Waals surface area contributed by atoms with Gasteiger partial charge in [0.15, 0.2) is 0 Å². The largest absolute Gasteiger partial charge is 0.389 e. The fourth-order valence-electron chi connectivity index (χ4n) is 2.70. The zero-order valence-electron chi connectivity index (χ0n) is 15.3. The summed E-state index contributed by atoms with van der Waals surface area (Å²) in [6, 6.07) is 14.0. The standard InChI is InChI=1S/C20H19F3N4O2/c21-20(22,23)9-8-18(28)24-11-13-6-7-15-16(10-13)27-17(26-15)12-25-19(29)14-4-2-1-3-5-14/h1-7,10H,8-9,11-12H2,(H,24,28)(H,25,29)(H,26,27). The molecule has 0 spiro atoms. The molecule has 0 fully saturated rings. The summed E-state index contributed by atoms with van der Waals surface area (Å²) < 4.78 is 36.4. The molecule has 9 heteroatoms. The van der Waals surface area contributed by atoms with Crippen LogP contribution in [-0.2, 0) is 17.9 Å². The lowest BCUT2D eigenvalue weighted by Gasteiger charge is -2.07. The summed E-state index contributed by atoms with van der Waals surface area (Å²) in [7, 11) is 0. The lowest BCUT2D eigenvalue weighted by Crippen LogP contribution is -2.24. The maximum Gasteiger partial charge on any atom is 0.389 e. The van der Waals surface area contributed by atoms with Crippen LogP contribution in [0.1, 0.15) is 34.6 Å². The van der Waals surface area contributed by atoms with Crippen molar-refractivity contribution in [2.75, 3.05) is 0 Å². The number of rotatable bonds is 7. The number of carbonyl (C=O) groups is 2. The molecule has 0 aliphatic heterocycles. The Labute approximate surface area is 164 Å². The molecular formula is C20H19F3N4O2. The second-order valence-corrected chi connectivity index (χ2v) is 6.48. The molecule has 0 bridgehead atoms. The van der Waals surface area contributed by atoms with Gasteiger partial charge in [-0.25, -0.2) is 4.98 Å². The summed E-state index contributed by atoms with van der Waals surface area (Å²) in [5.74, 6) is -0.305. The number of imidazole rings is 1. The van der Waals surface area contributed by atoms with E-state index in [9.17, 15) is 22.8 Å². The molecule has 3 aromatic rings. The lowest BCUT2D eigenvalue weighted by molar-refractivity contribution is -0.144. The Kier molecular flexibility index (Phi) is 6.16. The monoisotopic (exact) mass is 404 g/mol. The highest BCUT2D eigenvalue weighted by Gasteiger charge is 2.27. The van der Waals surface area contributed by atoms with Gasteiger partial charge < -0.3 is 15.6 Å². The van der Waals surface area contributed by atoms with Gasteiger partial charge in [0.25, 0.3) is 5.91 Å².